The van der Waals surface area contributed by atoms with E-state index in [0.717, 1.165) is 49.8 Å². The summed E-state index contributed by atoms with van der Waals surface area (Å²) in [4.78, 5) is 0. The van der Waals surface area contributed by atoms with Crippen LogP contribution in [0.5, 0.6) is 11.5 Å². The van der Waals surface area contributed by atoms with Gasteiger partial charge in [0, 0.05) is 27.0 Å². The standard InChI is InChI=1S/C24H20BrClN2O2/c1-2-29-19-10-5-16(6-11-19)24-28-22(20-13-17(25)7-12-23(20)30-24)14-21(27-28)15-3-8-18(26)9-4-15/h3-13,22,24H,2,14H2,1H3. The molecule has 0 aliphatic carbocycles. The molecule has 0 aromatic heterocycles. The van der Waals surface area contributed by atoms with Crippen molar-refractivity contribution in [1.82, 2.24) is 5.01 Å². The minimum atomic E-state index is -0.302. The number of halogens is 2. The van der Waals surface area contributed by atoms with Gasteiger partial charge in [-0.05, 0) is 67.1 Å². The minimum Gasteiger partial charge on any atom is -0.494 e. The van der Waals surface area contributed by atoms with Crippen molar-refractivity contribution in [1.29, 1.82) is 0 Å². The van der Waals surface area contributed by atoms with E-state index in [2.05, 4.69) is 27.0 Å². The third kappa shape index (κ3) is 3.57. The van der Waals surface area contributed by atoms with Gasteiger partial charge in [0.2, 0.25) is 6.23 Å². The predicted octanol–water partition coefficient (Wildman–Crippen LogP) is 6.74. The Morgan fingerprint density at radius 1 is 1.10 bits per heavy atom. The van der Waals surface area contributed by atoms with Crippen molar-refractivity contribution < 1.29 is 9.47 Å². The van der Waals surface area contributed by atoms with Crippen LogP contribution in [0.4, 0.5) is 0 Å². The highest BCUT2D eigenvalue weighted by atomic mass is 79.9. The number of ether oxygens (including phenoxy) is 2. The Bertz CT molecular complexity index is 1100. The molecule has 4 nitrogen and oxygen atoms in total. The van der Waals surface area contributed by atoms with E-state index >= 15 is 0 Å². The van der Waals surface area contributed by atoms with Gasteiger partial charge in [-0.1, -0.05) is 39.7 Å². The van der Waals surface area contributed by atoms with Gasteiger partial charge < -0.3 is 9.47 Å². The van der Waals surface area contributed by atoms with E-state index in [0.29, 0.717) is 6.61 Å². The SMILES string of the molecule is CCOc1ccc(C2Oc3ccc(Br)cc3C3CC(c4ccc(Cl)cc4)=NN32)cc1. The number of fused-ring (bicyclic) bond motifs is 3. The Balaban J connectivity index is 1.55. The molecule has 2 heterocycles. The zero-order chi connectivity index (χ0) is 20.7. The van der Waals surface area contributed by atoms with Crippen molar-refractivity contribution in [2.75, 3.05) is 6.61 Å². The van der Waals surface area contributed by atoms with Crippen LogP contribution in [-0.2, 0) is 0 Å². The number of hydrazone groups is 1. The lowest BCUT2D eigenvalue weighted by Crippen LogP contribution is -2.33. The van der Waals surface area contributed by atoms with Crippen LogP contribution in [0.3, 0.4) is 0 Å². The van der Waals surface area contributed by atoms with Crippen LogP contribution in [0.25, 0.3) is 0 Å². The van der Waals surface area contributed by atoms with Crippen molar-refractivity contribution in [3.63, 3.8) is 0 Å². The number of rotatable bonds is 4. The molecule has 30 heavy (non-hydrogen) atoms. The molecule has 0 amide bonds. The van der Waals surface area contributed by atoms with Gasteiger partial charge in [0.15, 0.2) is 0 Å². The molecule has 0 saturated heterocycles. The molecule has 0 spiro atoms. The highest BCUT2D eigenvalue weighted by Crippen LogP contribution is 2.48. The average molecular weight is 484 g/mol. The van der Waals surface area contributed by atoms with Crippen molar-refractivity contribution in [3.05, 3.63) is 92.9 Å². The second-order valence-electron chi connectivity index (χ2n) is 7.31. The van der Waals surface area contributed by atoms with Gasteiger partial charge in [-0.3, -0.25) is 0 Å². The molecule has 0 saturated carbocycles. The average Bonchev–Trinajstić information content (AvgIpc) is 3.20. The molecule has 0 fully saturated rings. The molecule has 0 radical (unpaired) electrons. The topological polar surface area (TPSA) is 34.1 Å². The van der Waals surface area contributed by atoms with Crippen LogP contribution in [0.2, 0.25) is 5.02 Å². The minimum absolute atomic E-state index is 0.105. The van der Waals surface area contributed by atoms with Gasteiger partial charge in [-0.15, -0.1) is 0 Å². The molecule has 2 aliphatic rings. The molecule has 2 unspecified atom stereocenters. The fourth-order valence-electron chi connectivity index (χ4n) is 3.99. The van der Waals surface area contributed by atoms with Crippen molar-refractivity contribution in [2.24, 2.45) is 5.10 Å². The van der Waals surface area contributed by atoms with Gasteiger partial charge in [0.05, 0.1) is 18.4 Å². The fourth-order valence-corrected chi connectivity index (χ4v) is 4.49. The Hall–Kier alpha value is -2.50. The summed E-state index contributed by atoms with van der Waals surface area (Å²) in [6, 6.07) is 22.2. The van der Waals surface area contributed by atoms with Gasteiger partial charge >= 0.3 is 0 Å². The van der Waals surface area contributed by atoms with Gasteiger partial charge in [-0.2, -0.15) is 5.10 Å². The second-order valence-corrected chi connectivity index (χ2v) is 8.66. The van der Waals surface area contributed by atoms with Crippen LogP contribution >= 0.6 is 27.5 Å². The number of benzene rings is 3. The molecule has 6 heteroatoms. The second kappa shape index (κ2) is 7.97. The molecular weight excluding hydrogens is 464 g/mol. The number of nitrogens with zero attached hydrogens (tertiary/aromatic N) is 2. The quantitative estimate of drug-likeness (QED) is 0.412. The summed E-state index contributed by atoms with van der Waals surface area (Å²) in [5, 5.41) is 7.79. The Morgan fingerprint density at radius 2 is 1.87 bits per heavy atom. The van der Waals surface area contributed by atoms with E-state index in [4.69, 9.17) is 26.2 Å². The van der Waals surface area contributed by atoms with Crippen LogP contribution in [0.15, 0.2) is 76.3 Å². The summed E-state index contributed by atoms with van der Waals surface area (Å²) >= 11 is 9.68. The van der Waals surface area contributed by atoms with E-state index in [-0.39, 0.29) is 12.3 Å². The summed E-state index contributed by atoms with van der Waals surface area (Å²) in [5.74, 6) is 1.75. The summed E-state index contributed by atoms with van der Waals surface area (Å²) in [5.41, 5.74) is 4.29. The molecule has 0 bridgehead atoms. The molecule has 2 atom stereocenters. The zero-order valence-corrected chi connectivity index (χ0v) is 18.7. The lowest BCUT2D eigenvalue weighted by molar-refractivity contribution is -0.0191. The Labute approximate surface area is 189 Å². The third-order valence-electron chi connectivity index (χ3n) is 5.41. The number of hydrogen-bond acceptors (Lipinski definition) is 4. The first kappa shape index (κ1) is 19.5. The summed E-state index contributed by atoms with van der Waals surface area (Å²) in [6.45, 7) is 2.62. The van der Waals surface area contributed by atoms with Crippen molar-refractivity contribution in [3.8, 4) is 11.5 Å². The maximum atomic E-state index is 6.43. The normalized spacial score (nSPS) is 19.6. The molecule has 152 valence electrons. The van der Waals surface area contributed by atoms with E-state index in [1.807, 2.05) is 67.6 Å². The molecule has 0 N–H and O–H groups in total. The summed E-state index contributed by atoms with van der Waals surface area (Å²) in [7, 11) is 0. The van der Waals surface area contributed by atoms with Crippen molar-refractivity contribution in [2.45, 2.75) is 25.6 Å². The van der Waals surface area contributed by atoms with Crippen LogP contribution in [0, 0.1) is 0 Å². The lowest BCUT2D eigenvalue weighted by atomic mass is 9.96. The van der Waals surface area contributed by atoms with Gasteiger partial charge in [-0.25, -0.2) is 5.01 Å². The largest absolute Gasteiger partial charge is 0.494 e. The Morgan fingerprint density at radius 3 is 2.60 bits per heavy atom. The van der Waals surface area contributed by atoms with Gasteiger partial charge in [0.1, 0.15) is 11.5 Å². The fraction of sp³-hybridized carbons (Fsp3) is 0.208. The van der Waals surface area contributed by atoms with Crippen molar-refractivity contribution >= 4 is 33.2 Å². The van der Waals surface area contributed by atoms with E-state index in [9.17, 15) is 0 Å². The zero-order valence-electron chi connectivity index (χ0n) is 16.4. The van der Waals surface area contributed by atoms with Gasteiger partial charge in [0.25, 0.3) is 0 Å². The first-order chi connectivity index (χ1) is 14.6. The van der Waals surface area contributed by atoms with Crippen LogP contribution in [0.1, 0.15) is 42.3 Å². The van der Waals surface area contributed by atoms with E-state index in [1.165, 1.54) is 0 Å². The smallest absolute Gasteiger partial charge is 0.213 e. The Kier molecular flexibility index (Phi) is 5.17. The van der Waals surface area contributed by atoms with Crippen LogP contribution < -0.4 is 9.47 Å². The maximum Gasteiger partial charge on any atom is 0.213 e. The van der Waals surface area contributed by atoms with Crippen LogP contribution in [-0.4, -0.2) is 17.3 Å². The predicted molar refractivity (Wildman–Crippen MR) is 122 cm³/mol. The summed E-state index contributed by atoms with van der Waals surface area (Å²) in [6.07, 6.45) is 0.506. The first-order valence-corrected chi connectivity index (χ1v) is 11.1. The monoisotopic (exact) mass is 482 g/mol. The third-order valence-corrected chi connectivity index (χ3v) is 6.15. The number of hydrogen-bond donors (Lipinski definition) is 0. The molecular formula is C24H20BrClN2O2. The molecule has 2 aliphatic heterocycles. The lowest BCUT2D eigenvalue weighted by Gasteiger charge is -2.38. The molecule has 3 aromatic carbocycles. The highest BCUT2D eigenvalue weighted by molar-refractivity contribution is 9.10. The molecule has 3 aromatic rings. The summed E-state index contributed by atoms with van der Waals surface area (Å²) < 4.78 is 13.0. The first-order valence-electron chi connectivity index (χ1n) is 9.93. The highest BCUT2D eigenvalue weighted by Gasteiger charge is 2.41. The van der Waals surface area contributed by atoms with E-state index < -0.39 is 0 Å². The maximum absolute atomic E-state index is 6.43. The van der Waals surface area contributed by atoms with E-state index in [1.54, 1.807) is 0 Å². The molecule has 5 rings (SSSR count).